The molecule has 1 aromatic heterocycles. The molecule has 6 nitrogen and oxygen atoms in total. The van der Waals surface area contributed by atoms with E-state index < -0.39 is 18.0 Å². The standard InChI is InChI=1S/C17H19ClN2O4/c1-23-15-7-13(18)5-4-11(15)9-20-10-12(8-19-20)16-14(17(21)22)3-2-6-24-16/h4-5,7-8,10,14,16H,2-3,6,9H2,1H3,(H,21,22)/t14-,16+/m1/s1. The lowest BCUT2D eigenvalue weighted by Crippen LogP contribution is -2.28. The van der Waals surface area contributed by atoms with Crippen molar-refractivity contribution in [1.29, 1.82) is 0 Å². The summed E-state index contributed by atoms with van der Waals surface area (Å²) < 4.78 is 12.8. The normalized spacial score (nSPS) is 20.8. The number of carboxylic acids is 1. The second-order valence-corrected chi connectivity index (χ2v) is 6.24. The van der Waals surface area contributed by atoms with Crippen molar-refractivity contribution in [3.8, 4) is 5.75 Å². The zero-order valence-corrected chi connectivity index (χ0v) is 14.1. The van der Waals surface area contributed by atoms with Crippen molar-refractivity contribution < 1.29 is 19.4 Å². The molecule has 0 unspecified atom stereocenters. The largest absolute Gasteiger partial charge is 0.496 e. The Morgan fingerprint density at radius 3 is 3.12 bits per heavy atom. The van der Waals surface area contributed by atoms with Gasteiger partial charge in [0.25, 0.3) is 0 Å². The summed E-state index contributed by atoms with van der Waals surface area (Å²) in [6.45, 7) is 1.08. The molecule has 0 bridgehead atoms. The highest BCUT2D eigenvalue weighted by Crippen LogP contribution is 2.33. The Balaban J connectivity index is 1.79. The highest BCUT2D eigenvalue weighted by Gasteiger charge is 2.33. The molecule has 1 aliphatic rings. The Kier molecular flexibility index (Phi) is 5.06. The zero-order chi connectivity index (χ0) is 17.1. The van der Waals surface area contributed by atoms with E-state index in [4.69, 9.17) is 21.1 Å². The number of benzene rings is 1. The Morgan fingerprint density at radius 1 is 1.54 bits per heavy atom. The van der Waals surface area contributed by atoms with Crippen LogP contribution in [0.3, 0.4) is 0 Å². The molecular formula is C17H19ClN2O4. The number of ether oxygens (including phenoxy) is 2. The van der Waals surface area contributed by atoms with Crippen LogP contribution in [0.25, 0.3) is 0 Å². The van der Waals surface area contributed by atoms with Crippen molar-refractivity contribution in [2.75, 3.05) is 13.7 Å². The predicted octanol–water partition coefficient (Wildman–Crippen LogP) is 3.15. The summed E-state index contributed by atoms with van der Waals surface area (Å²) in [5, 5.41) is 14.3. The van der Waals surface area contributed by atoms with Gasteiger partial charge in [0, 0.05) is 29.0 Å². The summed E-state index contributed by atoms with van der Waals surface area (Å²) in [6.07, 6.45) is 4.45. The van der Waals surface area contributed by atoms with Crippen molar-refractivity contribution in [1.82, 2.24) is 9.78 Å². The number of carbonyl (C=O) groups is 1. The van der Waals surface area contributed by atoms with Crippen molar-refractivity contribution in [2.45, 2.75) is 25.5 Å². The molecule has 0 spiro atoms. The number of hydrogen-bond donors (Lipinski definition) is 1. The first-order valence-electron chi connectivity index (χ1n) is 7.77. The quantitative estimate of drug-likeness (QED) is 0.896. The highest BCUT2D eigenvalue weighted by molar-refractivity contribution is 6.30. The molecule has 0 saturated carbocycles. The maximum absolute atomic E-state index is 11.4. The molecular weight excluding hydrogens is 332 g/mol. The second-order valence-electron chi connectivity index (χ2n) is 5.81. The molecule has 0 aliphatic carbocycles. The molecule has 1 aromatic carbocycles. The molecule has 1 saturated heterocycles. The number of rotatable bonds is 5. The molecule has 1 aliphatic heterocycles. The summed E-state index contributed by atoms with van der Waals surface area (Å²) in [7, 11) is 1.59. The lowest BCUT2D eigenvalue weighted by Gasteiger charge is -2.28. The topological polar surface area (TPSA) is 73.6 Å². The average Bonchev–Trinajstić information content (AvgIpc) is 3.05. The van der Waals surface area contributed by atoms with Crippen LogP contribution >= 0.6 is 11.6 Å². The maximum atomic E-state index is 11.4. The Hall–Kier alpha value is -2.05. The summed E-state index contributed by atoms with van der Waals surface area (Å²) in [6, 6.07) is 5.44. The monoisotopic (exact) mass is 350 g/mol. The van der Waals surface area contributed by atoms with Crippen molar-refractivity contribution in [3.05, 3.63) is 46.7 Å². The molecule has 7 heteroatoms. The van der Waals surface area contributed by atoms with E-state index in [9.17, 15) is 9.90 Å². The fourth-order valence-corrected chi connectivity index (χ4v) is 3.16. The van der Waals surface area contributed by atoms with Crippen LogP contribution in [0.4, 0.5) is 0 Å². The van der Waals surface area contributed by atoms with Crippen molar-refractivity contribution in [2.24, 2.45) is 5.92 Å². The minimum Gasteiger partial charge on any atom is -0.496 e. The summed E-state index contributed by atoms with van der Waals surface area (Å²) in [5.74, 6) is -0.662. The molecule has 24 heavy (non-hydrogen) atoms. The van der Waals surface area contributed by atoms with Crippen molar-refractivity contribution >= 4 is 17.6 Å². The number of nitrogens with zero attached hydrogens (tertiary/aromatic N) is 2. The molecule has 3 rings (SSSR count). The molecule has 1 fully saturated rings. The fraction of sp³-hybridized carbons (Fsp3) is 0.412. The van der Waals surface area contributed by atoms with Crippen LogP contribution in [0.2, 0.25) is 5.02 Å². The first-order valence-corrected chi connectivity index (χ1v) is 8.15. The molecule has 128 valence electrons. The number of hydrogen-bond acceptors (Lipinski definition) is 4. The van der Waals surface area contributed by atoms with Crippen molar-refractivity contribution in [3.63, 3.8) is 0 Å². The van der Waals surface area contributed by atoms with Crippen LogP contribution in [0.15, 0.2) is 30.6 Å². The van der Waals surface area contributed by atoms with Crippen LogP contribution in [-0.2, 0) is 16.1 Å². The van der Waals surface area contributed by atoms with Crippen LogP contribution in [0.5, 0.6) is 5.75 Å². The predicted molar refractivity (Wildman–Crippen MR) is 88.4 cm³/mol. The highest BCUT2D eigenvalue weighted by atomic mass is 35.5. The van der Waals surface area contributed by atoms with Gasteiger partial charge in [-0.3, -0.25) is 9.48 Å². The van der Waals surface area contributed by atoms with E-state index in [1.54, 1.807) is 30.1 Å². The molecule has 0 amide bonds. The van der Waals surface area contributed by atoms with E-state index in [2.05, 4.69) is 5.10 Å². The van der Waals surface area contributed by atoms with Gasteiger partial charge in [0.15, 0.2) is 0 Å². The fourth-order valence-electron chi connectivity index (χ4n) is 3.00. The van der Waals surface area contributed by atoms with Gasteiger partial charge in [0.1, 0.15) is 5.75 Å². The van der Waals surface area contributed by atoms with Gasteiger partial charge >= 0.3 is 5.97 Å². The van der Waals surface area contributed by atoms with Gasteiger partial charge in [-0.2, -0.15) is 5.10 Å². The van der Waals surface area contributed by atoms with Gasteiger partial charge in [0.05, 0.1) is 31.9 Å². The van der Waals surface area contributed by atoms with E-state index in [0.717, 1.165) is 17.5 Å². The lowest BCUT2D eigenvalue weighted by molar-refractivity contribution is -0.151. The maximum Gasteiger partial charge on any atom is 0.309 e. The first kappa shape index (κ1) is 16.8. The van der Waals surface area contributed by atoms with Gasteiger partial charge in [-0.1, -0.05) is 17.7 Å². The van der Waals surface area contributed by atoms with Crippen LogP contribution in [0.1, 0.15) is 30.1 Å². The number of aromatic nitrogens is 2. The van der Waals surface area contributed by atoms with E-state index in [1.165, 1.54) is 0 Å². The third-order valence-electron chi connectivity index (χ3n) is 4.20. The lowest BCUT2D eigenvalue weighted by atomic mass is 9.91. The third kappa shape index (κ3) is 3.55. The van der Waals surface area contributed by atoms with Crippen LogP contribution in [0, 0.1) is 5.92 Å². The Bertz CT molecular complexity index is 731. The van der Waals surface area contributed by atoms with Gasteiger partial charge in [-0.05, 0) is 25.0 Å². The minimum atomic E-state index is -0.827. The molecule has 2 aromatic rings. The van der Waals surface area contributed by atoms with E-state index >= 15 is 0 Å². The zero-order valence-electron chi connectivity index (χ0n) is 13.3. The third-order valence-corrected chi connectivity index (χ3v) is 4.44. The SMILES string of the molecule is COc1cc(Cl)ccc1Cn1cc([C@@H]2OCCC[C@H]2C(=O)O)cn1. The number of halogens is 1. The molecule has 2 atom stereocenters. The molecule has 2 heterocycles. The Labute approximate surface area is 144 Å². The van der Waals surface area contributed by atoms with E-state index in [1.807, 2.05) is 12.3 Å². The van der Waals surface area contributed by atoms with Crippen LogP contribution < -0.4 is 4.74 Å². The van der Waals surface area contributed by atoms with Gasteiger partial charge in [0.2, 0.25) is 0 Å². The van der Waals surface area contributed by atoms with Crippen LogP contribution in [-0.4, -0.2) is 34.6 Å². The smallest absolute Gasteiger partial charge is 0.309 e. The van der Waals surface area contributed by atoms with Gasteiger partial charge in [-0.15, -0.1) is 0 Å². The number of methoxy groups -OCH3 is 1. The Morgan fingerprint density at radius 2 is 2.38 bits per heavy atom. The van der Waals surface area contributed by atoms with Gasteiger partial charge < -0.3 is 14.6 Å². The second kappa shape index (κ2) is 7.23. The molecule has 0 radical (unpaired) electrons. The average molecular weight is 351 g/mol. The minimum absolute atomic E-state index is 0.447. The molecule has 1 N–H and O–H groups in total. The van der Waals surface area contributed by atoms with E-state index in [-0.39, 0.29) is 0 Å². The summed E-state index contributed by atoms with van der Waals surface area (Å²) in [5.41, 5.74) is 1.73. The number of carboxylic acid groups (broad SMARTS) is 1. The summed E-state index contributed by atoms with van der Waals surface area (Å²) >= 11 is 5.98. The first-order chi connectivity index (χ1) is 11.6. The summed E-state index contributed by atoms with van der Waals surface area (Å²) in [4.78, 5) is 11.4. The van der Waals surface area contributed by atoms with Gasteiger partial charge in [-0.25, -0.2) is 0 Å². The van der Waals surface area contributed by atoms with E-state index in [0.29, 0.717) is 30.3 Å². The number of aliphatic carboxylic acids is 1.